The average Bonchev–Trinajstić information content (AvgIpc) is 2.91. The molecule has 0 aliphatic carbocycles. The molecule has 0 bridgehead atoms. The number of hydrogen-bond acceptors (Lipinski definition) is 5. The van der Waals surface area contributed by atoms with Gasteiger partial charge in [0.2, 0.25) is 0 Å². The second-order valence-electron chi connectivity index (χ2n) is 9.97. The Morgan fingerprint density at radius 3 is 2.76 bits per heavy atom. The molecule has 204 valence electrons. The lowest BCUT2D eigenvalue weighted by atomic mass is 9.81. The van der Waals surface area contributed by atoms with Crippen LogP contribution < -0.4 is 4.74 Å². The average molecular weight is 531 g/mol. The van der Waals surface area contributed by atoms with Gasteiger partial charge in [-0.25, -0.2) is 0 Å². The first kappa shape index (κ1) is 27.9. The molecule has 0 spiro atoms. The van der Waals surface area contributed by atoms with Gasteiger partial charge in [-0.3, -0.25) is 9.78 Å². The molecule has 0 saturated carbocycles. The molecular weight excluding hydrogens is 497 g/mol. The van der Waals surface area contributed by atoms with Crippen molar-refractivity contribution in [1.29, 1.82) is 0 Å². The molecular formula is C29H33F3N2O4. The number of aliphatic hydroxyl groups excluding tert-OH is 1. The molecule has 2 N–H and O–H groups in total. The monoisotopic (exact) mass is 530 g/mol. The molecule has 1 unspecified atom stereocenters. The Labute approximate surface area is 220 Å². The number of methoxy groups -OCH3 is 1. The Morgan fingerprint density at radius 1 is 1.21 bits per heavy atom. The number of aryl methyl sites for hydroxylation is 1. The van der Waals surface area contributed by atoms with Crippen molar-refractivity contribution in [2.24, 2.45) is 11.8 Å². The number of aromatic nitrogens is 1. The van der Waals surface area contributed by atoms with Crippen molar-refractivity contribution in [2.45, 2.75) is 44.4 Å². The number of alkyl halides is 3. The van der Waals surface area contributed by atoms with Gasteiger partial charge in [0, 0.05) is 18.1 Å². The Balaban J connectivity index is 1.32. The minimum atomic E-state index is -4.36. The van der Waals surface area contributed by atoms with Crippen LogP contribution in [0.3, 0.4) is 0 Å². The van der Waals surface area contributed by atoms with Crippen LogP contribution in [0, 0.1) is 11.8 Å². The number of benzene rings is 2. The van der Waals surface area contributed by atoms with Gasteiger partial charge in [-0.1, -0.05) is 18.2 Å². The fraction of sp³-hybridized carbons (Fsp3) is 0.448. The standard InChI is InChI=1S/C29H33F3N2O4/c1-38-22-8-9-26-24(17-22)23(11-13-33-26)27(35)10-7-20-12-15-34(18-25(20)28(36)37)14-3-5-19-4-2-6-21(16-19)29(30,31)32/h2,4,6,8-9,11,13,16-17,20,25,27,35H,3,5,7,10,12,14-15,18H2,1H3,(H,36,37)/t20-,25+,27?/m1/s1. The Morgan fingerprint density at radius 2 is 2.03 bits per heavy atom. The van der Waals surface area contributed by atoms with Gasteiger partial charge < -0.3 is 19.8 Å². The van der Waals surface area contributed by atoms with E-state index in [2.05, 4.69) is 9.88 Å². The van der Waals surface area contributed by atoms with E-state index in [0.717, 1.165) is 29.1 Å². The van der Waals surface area contributed by atoms with Gasteiger partial charge in [-0.15, -0.1) is 0 Å². The van der Waals surface area contributed by atoms with Crippen molar-refractivity contribution in [3.05, 3.63) is 71.4 Å². The normalized spacial score (nSPS) is 19.4. The molecule has 3 atom stereocenters. The van der Waals surface area contributed by atoms with Gasteiger partial charge >= 0.3 is 12.1 Å². The number of carboxylic acids is 1. The second kappa shape index (κ2) is 12.1. The third kappa shape index (κ3) is 6.82. The van der Waals surface area contributed by atoms with Crippen LogP contribution in [0.1, 0.15) is 48.5 Å². The molecule has 3 aromatic rings. The molecule has 38 heavy (non-hydrogen) atoms. The van der Waals surface area contributed by atoms with Crippen molar-refractivity contribution in [2.75, 3.05) is 26.7 Å². The number of rotatable bonds is 10. The zero-order chi connectivity index (χ0) is 27.3. The Bertz CT molecular complexity index is 1250. The summed E-state index contributed by atoms with van der Waals surface area (Å²) in [4.78, 5) is 18.5. The maximum atomic E-state index is 13.0. The van der Waals surface area contributed by atoms with Crippen molar-refractivity contribution in [3.63, 3.8) is 0 Å². The summed E-state index contributed by atoms with van der Waals surface area (Å²) in [5.74, 6) is -0.806. The Kier molecular flexibility index (Phi) is 8.89. The zero-order valence-corrected chi connectivity index (χ0v) is 21.3. The quantitative estimate of drug-likeness (QED) is 0.348. The van der Waals surface area contributed by atoms with Crippen LogP contribution in [0.5, 0.6) is 5.75 Å². The molecule has 1 saturated heterocycles. The molecule has 0 amide bonds. The maximum Gasteiger partial charge on any atom is 0.416 e. The van der Waals surface area contributed by atoms with Crippen molar-refractivity contribution in [1.82, 2.24) is 9.88 Å². The summed E-state index contributed by atoms with van der Waals surface area (Å²) < 4.78 is 44.2. The number of piperidine rings is 1. The van der Waals surface area contributed by atoms with E-state index in [1.165, 1.54) is 12.1 Å². The first-order valence-corrected chi connectivity index (χ1v) is 12.9. The number of likely N-dealkylation sites (tertiary alicyclic amines) is 1. The second-order valence-corrected chi connectivity index (χ2v) is 9.97. The van der Waals surface area contributed by atoms with E-state index in [4.69, 9.17) is 4.74 Å². The van der Waals surface area contributed by atoms with Crippen LogP contribution in [-0.4, -0.2) is 52.8 Å². The number of aliphatic hydroxyl groups is 1. The van der Waals surface area contributed by atoms with Gasteiger partial charge in [-0.2, -0.15) is 13.2 Å². The molecule has 2 aromatic carbocycles. The van der Waals surface area contributed by atoms with E-state index in [-0.39, 0.29) is 5.92 Å². The summed E-state index contributed by atoms with van der Waals surface area (Å²) in [6.07, 6.45) is -0.619. The highest BCUT2D eigenvalue weighted by Crippen LogP contribution is 2.34. The first-order valence-electron chi connectivity index (χ1n) is 12.9. The van der Waals surface area contributed by atoms with Crippen LogP contribution >= 0.6 is 0 Å². The van der Waals surface area contributed by atoms with Crippen LogP contribution in [0.4, 0.5) is 13.2 Å². The summed E-state index contributed by atoms with van der Waals surface area (Å²) >= 11 is 0. The van der Waals surface area contributed by atoms with Crippen LogP contribution in [0.25, 0.3) is 10.9 Å². The predicted molar refractivity (Wildman–Crippen MR) is 138 cm³/mol. The minimum Gasteiger partial charge on any atom is -0.497 e. The van der Waals surface area contributed by atoms with Crippen LogP contribution in [-0.2, 0) is 17.4 Å². The molecule has 0 radical (unpaired) electrons. The molecule has 1 aliphatic heterocycles. The van der Waals surface area contributed by atoms with Crippen molar-refractivity contribution in [3.8, 4) is 5.75 Å². The number of halogens is 3. The molecule has 1 aromatic heterocycles. The fourth-order valence-electron chi connectivity index (χ4n) is 5.40. The van der Waals surface area contributed by atoms with Gasteiger partial charge in [0.15, 0.2) is 0 Å². The van der Waals surface area contributed by atoms with Crippen molar-refractivity contribution < 1.29 is 32.9 Å². The number of aliphatic carboxylic acids is 1. The SMILES string of the molecule is COc1ccc2nccc(C(O)CC[C@@H]3CCN(CCCc4cccc(C(F)(F)F)c4)C[C@@H]3C(=O)O)c2c1. The predicted octanol–water partition coefficient (Wildman–Crippen LogP) is 5.73. The molecule has 1 fully saturated rings. The molecule has 1 aliphatic rings. The number of nitrogens with zero attached hydrogens (tertiary/aromatic N) is 2. The smallest absolute Gasteiger partial charge is 0.416 e. The summed E-state index contributed by atoms with van der Waals surface area (Å²) in [5.41, 5.74) is 1.47. The van der Waals surface area contributed by atoms with Gasteiger partial charge in [0.05, 0.1) is 30.2 Å². The highest BCUT2D eigenvalue weighted by Gasteiger charge is 2.34. The van der Waals surface area contributed by atoms with Gasteiger partial charge in [0.25, 0.3) is 0 Å². The van der Waals surface area contributed by atoms with Gasteiger partial charge in [-0.05, 0) is 92.6 Å². The fourth-order valence-corrected chi connectivity index (χ4v) is 5.40. The van der Waals surface area contributed by atoms with E-state index in [1.807, 2.05) is 18.2 Å². The number of hydrogen-bond donors (Lipinski definition) is 2. The van der Waals surface area contributed by atoms with E-state index >= 15 is 0 Å². The van der Waals surface area contributed by atoms with E-state index < -0.39 is 29.7 Å². The van der Waals surface area contributed by atoms with E-state index in [1.54, 1.807) is 25.4 Å². The third-order valence-corrected chi connectivity index (χ3v) is 7.50. The lowest BCUT2D eigenvalue weighted by Gasteiger charge is -2.37. The number of pyridine rings is 1. The molecule has 2 heterocycles. The van der Waals surface area contributed by atoms with E-state index in [0.29, 0.717) is 56.5 Å². The number of fused-ring (bicyclic) bond motifs is 1. The van der Waals surface area contributed by atoms with Crippen LogP contribution in [0.2, 0.25) is 0 Å². The van der Waals surface area contributed by atoms with E-state index in [9.17, 15) is 28.2 Å². The summed E-state index contributed by atoms with van der Waals surface area (Å²) in [7, 11) is 1.58. The Hall–Kier alpha value is -3.17. The highest BCUT2D eigenvalue weighted by molar-refractivity contribution is 5.83. The lowest BCUT2D eigenvalue weighted by Crippen LogP contribution is -2.44. The summed E-state index contributed by atoms with van der Waals surface area (Å²) in [5, 5.41) is 21.7. The van der Waals surface area contributed by atoms with Crippen molar-refractivity contribution >= 4 is 16.9 Å². The topological polar surface area (TPSA) is 82.9 Å². The largest absolute Gasteiger partial charge is 0.497 e. The molecule has 9 heteroatoms. The summed E-state index contributed by atoms with van der Waals surface area (Å²) in [6.45, 7) is 1.75. The first-order chi connectivity index (χ1) is 18.2. The third-order valence-electron chi connectivity index (χ3n) is 7.50. The minimum absolute atomic E-state index is 0.0653. The number of carbonyl (C=O) groups is 1. The lowest BCUT2D eigenvalue weighted by molar-refractivity contribution is -0.146. The number of ether oxygens (including phenoxy) is 1. The van der Waals surface area contributed by atoms with Crippen LogP contribution in [0.15, 0.2) is 54.7 Å². The number of carboxylic acid groups (broad SMARTS) is 1. The maximum absolute atomic E-state index is 13.0. The highest BCUT2D eigenvalue weighted by atomic mass is 19.4. The molecule has 4 rings (SSSR count). The van der Waals surface area contributed by atoms with Gasteiger partial charge in [0.1, 0.15) is 5.75 Å². The zero-order valence-electron chi connectivity index (χ0n) is 21.3. The molecule has 6 nitrogen and oxygen atoms in total. The summed E-state index contributed by atoms with van der Waals surface area (Å²) in [6, 6.07) is 12.6.